The SMILES string of the molecule is [O-]N1CC2CCCCC2CN1. The van der Waals surface area contributed by atoms with Crippen LogP contribution in [0.3, 0.4) is 0 Å². The molecule has 2 unspecified atom stereocenters. The van der Waals surface area contributed by atoms with Crippen molar-refractivity contribution < 1.29 is 0 Å². The van der Waals surface area contributed by atoms with Gasteiger partial charge in [-0.1, -0.05) is 12.8 Å². The molecule has 3 heteroatoms. The van der Waals surface area contributed by atoms with Crippen molar-refractivity contribution in [1.82, 2.24) is 10.6 Å². The highest BCUT2D eigenvalue weighted by Gasteiger charge is 2.27. The monoisotopic (exact) mass is 155 g/mol. The van der Waals surface area contributed by atoms with Crippen LogP contribution in [-0.2, 0) is 0 Å². The predicted molar refractivity (Wildman–Crippen MR) is 43.5 cm³/mol. The fraction of sp³-hybridized carbons (Fsp3) is 1.00. The number of hydrogen-bond acceptors (Lipinski definition) is 3. The fourth-order valence-electron chi connectivity index (χ4n) is 2.29. The lowest BCUT2D eigenvalue weighted by Gasteiger charge is -2.44. The number of hydroxylamine groups is 1. The highest BCUT2D eigenvalue weighted by Crippen LogP contribution is 2.31. The van der Waals surface area contributed by atoms with Gasteiger partial charge in [-0.15, -0.1) is 0 Å². The highest BCUT2D eigenvalue weighted by atomic mass is 16.5. The van der Waals surface area contributed by atoms with Crippen LogP contribution in [0.5, 0.6) is 0 Å². The summed E-state index contributed by atoms with van der Waals surface area (Å²) in [4.78, 5) is 0. The number of nitrogens with zero attached hydrogens (tertiary/aromatic N) is 1. The third-order valence-electron chi connectivity index (χ3n) is 3.00. The van der Waals surface area contributed by atoms with E-state index in [2.05, 4.69) is 5.43 Å². The lowest BCUT2D eigenvalue weighted by molar-refractivity contribution is 0.0827. The average Bonchev–Trinajstić information content (AvgIpc) is 2.04. The zero-order chi connectivity index (χ0) is 7.68. The van der Waals surface area contributed by atoms with Crippen LogP contribution in [0.2, 0.25) is 0 Å². The summed E-state index contributed by atoms with van der Waals surface area (Å²) in [6.45, 7) is 1.62. The van der Waals surface area contributed by atoms with Crippen LogP contribution < -0.4 is 5.43 Å². The van der Waals surface area contributed by atoms with Gasteiger partial charge in [0.05, 0.1) is 0 Å². The molecular weight excluding hydrogens is 140 g/mol. The number of hydrogen-bond donors (Lipinski definition) is 1. The minimum atomic E-state index is 0.683. The van der Waals surface area contributed by atoms with E-state index in [0.29, 0.717) is 12.5 Å². The average molecular weight is 155 g/mol. The van der Waals surface area contributed by atoms with Gasteiger partial charge in [0.25, 0.3) is 0 Å². The van der Waals surface area contributed by atoms with Crippen molar-refractivity contribution >= 4 is 0 Å². The number of nitrogens with one attached hydrogen (secondary N) is 1. The van der Waals surface area contributed by atoms with Gasteiger partial charge in [-0.3, -0.25) is 5.43 Å². The molecule has 1 heterocycles. The molecule has 64 valence electrons. The first-order valence-electron chi connectivity index (χ1n) is 4.54. The van der Waals surface area contributed by atoms with Crippen LogP contribution in [0.25, 0.3) is 0 Å². The Hall–Kier alpha value is -0.120. The molecule has 1 aliphatic carbocycles. The van der Waals surface area contributed by atoms with E-state index in [1.165, 1.54) is 25.7 Å². The lowest BCUT2D eigenvalue weighted by Crippen LogP contribution is -2.49. The second-order valence-electron chi connectivity index (χ2n) is 3.73. The van der Waals surface area contributed by atoms with Crippen LogP contribution in [0.15, 0.2) is 0 Å². The zero-order valence-electron chi connectivity index (χ0n) is 6.75. The second kappa shape index (κ2) is 3.09. The van der Waals surface area contributed by atoms with Crippen molar-refractivity contribution in [3.63, 3.8) is 0 Å². The zero-order valence-corrected chi connectivity index (χ0v) is 6.75. The van der Waals surface area contributed by atoms with Crippen molar-refractivity contribution in [2.45, 2.75) is 25.7 Å². The van der Waals surface area contributed by atoms with E-state index in [0.717, 1.165) is 17.6 Å². The highest BCUT2D eigenvalue weighted by molar-refractivity contribution is 4.82. The fourth-order valence-corrected chi connectivity index (χ4v) is 2.29. The summed E-state index contributed by atoms with van der Waals surface area (Å²) in [6.07, 6.45) is 5.29. The summed E-state index contributed by atoms with van der Waals surface area (Å²) >= 11 is 0. The maximum absolute atomic E-state index is 10.9. The predicted octanol–water partition coefficient (Wildman–Crippen LogP) is 1.11. The van der Waals surface area contributed by atoms with E-state index in [4.69, 9.17) is 0 Å². The van der Waals surface area contributed by atoms with Gasteiger partial charge in [0, 0.05) is 13.1 Å². The molecule has 2 aliphatic rings. The molecule has 1 saturated carbocycles. The Balaban J connectivity index is 1.93. The molecule has 1 N–H and O–H groups in total. The quantitative estimate of drug-likeness (QED) is 0.569. The molecule has 0 aromatic heterocycles. The topological polar surface area (TPSA) is 38.3 Å². The summed E-state index contributed by atoms with van der Waals surface area (Å²) in [5.74, 6) is 1.47. The third kappa shape index (κ3) is 1.55. The largest absolute Gasteiger partial charge is 0.772 e. The van der Waals surface area contributed by atoms with Gasteiger partial charge >= 0.3 is 0 Å². The minimum absolute atomic E-state index is 0.683. The Bertz CT molecular complexity index is 140. The smallest absolute Gasteiger partial charge is 0.0124 e. The standard InChI is InChI=1S/C8H15N2O/c11-10-6-8-4-2-1-3-7(8)5-9-10/h7-9H,1-6H2/q-1. The maximum Gasteiger partial charge on any atom is 0.0124 e. The lowest BCUT2D eigenvalue weighted by atomic mass is 9.78. The van der Waals surface area contributed by atoms with Gasteiger partial charge in [-0.05, 0) is 24.7 Å². The molecule has 2 atom stereocenters. The summed E-state index contributed by atoms with van der Waals surface area (Å²) in [7, 11) is 0. The van der Waals surface area contributed by atoms with Crippen LogP contribution in [0.1, 0.15) is 25.7 Å². The second-order valence-corrected chi connectivity index (χ2v) is 3.73. The van der Waals surface area contributed by atoms with Crippen molar-refractivity contribution in [2.75, 3.05) is 13.1 Å². The van der Waals surface area contributed by atoms with Gasteiger partial charge in [0.15, 0.2) is 0 Å². The first-order chi connectivity index (χ1) is 5.36. The molecule has 1 saturated heterocycles. The van der Waals surface area contributed by atoms with Gasteiger partial charge in [0.2, 0.25) is 0 Å². The van der Waals surface area contributed by atoms with E-state index in [9.17, 15) is 5.21 Å². The normalized spacial score (nSPS) is 40.1. The Labute approximate surface area is 67.3 Å². The molecule has 0 amide bonds. The Morgan fingerprint density at radius 1 is 1.18 bits per heavy atom. The number of fused-ring (bicyclic) bond motifs is 1. The van der Waals surface area contributed by atoms with Crippen LogP contribution in [0.4, 0.5) is 0 Å². The van der Waals surface area contributed by atoms with E-state index < -0.39 is 0 Å². The first kappa shape index (κ1) is 7.53. The molecule has 1 aliphatic heterocycles. The van der Waals surface area contributed by atoms with Gasteiger partial charge < -0.3 is 10.4 Å². The molecule has 0 radical (unpaired) electrons. The molecule has 2 fully saturated rings. The molecule has 11 heavy (non-hydrogen) atoms. The van der Waals surface area contributed by atoms with Crippen molar-refractivity contribution in [1.29, 1.82) is 0 Å². The molecule has 0 aromatic rings. The summed E-state index contributed by atoms with van der Waals surface area (Å²) in [6, 6.07) is 0. The summed E-state index contributed by atoms with van der Waals surface area (Å²) in [5, 5.41) is 11.9. The van der Waals surface area contributed by atoms with E-state index in [-0.39, 0.29) is 0 Å². The summed E-state index contributed by atoms with van der Waals surface area (Å²) in [5.41, 5.74) is 2.86. The number of hydrazine groups is 1. The molecule has 2 rings (SSSR count). The molecule has 3 nitrogen and oxygen atoms in total. The summed E-state index contributed by atoms with van der Waals surface area (Å²) < 4.78 is 0. The Morgan fingerprint density at radius 3 is 2.73 bits per heavy atom. The molecule has 0 spiro atoms. The van der Waals surface area contributed by atoms with Gasteiger partial charge in [-0.25, -0.2) is 0 Å². The Kier molecular flexibility index (Phi) is 2.11. The van der Waals surface area contributed by atoms with Crippen molar-refractivity contribution in [3.8, 4) is 0 Å². The first-order valence-corrected chi connectivity index (χ1v) is 4.54. The molecule has 0 bridgehead atoms. The van der Waals surface area contributed by atoms with E-state index in [1.807, 2.05) is 0 Å². The molecular formula is C8H15N2O-. The third-order valence-corrected chi connectivity index (χ3v) is 3.00. The van der Waals surface area contributed by atoms with Crippen LogP contribution >= 0.6 is 0 Å². The number of rotatable bonds is 0. The van der Waals surface area contributed by atoms with E-state index >= 15 is 0 Å². The van der Waals surface area contributed by atoms with Crippen LogP contribution in [-0.4, -0.2) is 18.3 Å². The van der Waals surface area contributed by atoms with E-state index in [1.54, 1.807) is 0 Å². The van der Waals surface area contributed by atoms with Crippen molar-refractivity contribution in [3.05, 3.63) is 5.21 Å². The van der Waals surface area contributed by atoms with Gasteiger partial charge in [0.1, 0.15) is 0 Å². The molecule has 0 aromatic carbocycles. The minimum Gasteiger partial charge on any atom is -0.772 e. The Morgan fingerprint density at radius 2 is 1.91 bits per heavy atom. The van der Waals surface area contributed by atoms with Gasteiger partial charge in [-0.2, -0.15) is 0 Å². The maximum atomic E-state index is 10.9. The van der Waals surface area contributed by atoms with Crippen molar-refractivity contribution in [2.24, 2.45) is 11.8 Å². The van der Waals surface area contributed by atoms with Crippen LogP contribution in [0, 0.1) is 17.0 Å².